The Balaban J connectivity index is 0.00000128. The van der Waals surface area contributed by atoms with Crippen molar-refractivity contribution < 1.29 is 22.0 Å². The molecule has 0 aromatic rings. The molecule has 6 nitrogen and oxygen atoms in total. The number of rotatable bonds is 0. The zero-order valence-electron chi connectivity index (χ0n) is 9.28. The van der Waals surface area contributed by atoms with Crippen molar-refractivity contribution >= 4 is 12.1 Å². The minimum absolute atomic E-state index is 0. The third kappa shape index (κ3) is 2.56. The Hall–Kier alpha value is -1.01. The maximum atomic E-state index is 11.9. The summed E-state index contributed by atoms with van der Waals surface area (Å²) in [7, 11) is 2.03. The zero-order valence-corrected chi connectivity index (χ0v) is 10.0. The largest absolute Gasteiger partial charge is 1.00 e. The normalized spacial score (nSPS) is 21.7. The Labute approximate surface area is 101 Å². The summed E-state index contributed by atoms with van der Waals surface area (Å²) in [5, 5.41) is 2.63. The number of carbonyl (C=O) groups excluding carboxylic acids is 2. The second-order valence-corrected chi connectivity index (χ2v) is 3.96. The first-order chi connectivity index (χ1) is 7.18. The first-order valence-electron chi connectivity index (χ1n) is 5.21. The van der Waals surface area contributed by atoms with Gasteiger partial charge in [-0.05, 0) is 7.05 Å². The van der Waals surface area contributed by atoms with E-state index < -0.39 is 0 Å². The van der Waals surface area contributed by atoms with Crippen molar-refractivity contribution in [1.82, 2.24) is 20.0 Å². The highest BCUT2D eigenvalue weighted by Crippen LogP contribution is 2.06. The summed E-state index contributed by atoms with van der Waals surface area (Å²) in [4.78, 5) is 28.4. The van der Waals surface area contributed by atoms with Gasteiger partial charge in [0.25, 0.3) is 0 Å². The van der Waals surface area contributed by atoms with E-state index in [1.807, 2.05) is 7.05 Å². The van der Waals surface area contributed by atoms with Crippen molar-refractivity contribution in [2.45, 2.75) is 0 Å². The van der Waals surface area contributed by atoms with Crippen LogP contribution in [0.3, 0.4) is 0 Å². The molecule has 0 aromatic carbocycles. The van der Waals surface area contributed by atoms with Gasteiger partial charge in [-0.1, -0.05) is 0 Å². The molecule has 0 aliphatic carbocycles. The zero-order chi connectivity index (χ0) is 10.8. The van der Waals surface area contributed by atoms with Gasteiger partial charge >= 0.3 is 12.1 Å². The monoisotopic (exact) mass is 247 g/mol. The SMILES string of the molecule is CN1CCN(C(=O)N2CCNC2=O)CC1.[Cl-]. The summed E-state index contributed by atoms with van der Waals surface area (Å²) >= 11 is 0. The predicted octanol–water partition coefficient (Wildman–Crippen LogP) is -3.62. The lowest BCUT2D eigenvalue weighted by Gasteiger charge is -2.33. The van der Waals surface area contributed by atoms with E-state index in [-0.39, 0.29) is 24.5 Å². The van der Waals surface area contributed by atoms with Crippen LogP contribution >= 0.6 is 0 Å². The lowest BCUT2D eigenvalue weighted by molar-refractivity contribution is -0.0000118. The minimum atomic E-state index is -0.265. The van der Waals surface area contributed by atoms with Crippen molar-refractivity contribution in [2.24, 2.45) is 0 Å². The van der Waals surface area contributed by atoms with Gasteiger partial charge in [0.1, 0.15) is 0 Å². The summed E-state index contributed by atoms with van der Waals surface area (Å²) in [6.45, 7) is 4.23. The molecule has 0 bridgehead atoms. The smallest absolute Gasteiger partial charge is 0.328 e. The highest BCUT2D eigenvalue weighted by Gasteiger charge is 2.31. The van der Waals surface area contributed by atoms with Crippen LogP contribution in [-0.4, -0.2) is 73.1 Å². The van der Waals surface area contributed by atoms with Crippen molar-refractivity contribution in [1.29, 1.82) is 0 Å². The molecule has 7 heteroatoms. The van der Waals surface area contributed by atoms with E-state index >= 15 is 0 Å². The number of nitrogens with zero attached hydrogens (tertiary/aromatic N) is 3. The van der Waals surface area contributed by atoms with E-state index in [4.69, 9.17) is 0 Å². The Morgan fingerprint density at radius 2 is 1.81 bits per heavy atom. The molecule has 0 atom stereocenters. The number of imide groups is 1. The number of hydrogen-bond acceptors (Lipinski definition) is 3. The van der Waals surface area contributed by atoms with Crippen LogP contribution < -0.4 is 17.7 Å². The van der Waals surface area contributed by atoms with E-state index in [2.05, 4.69) is 10.2 Å². The molecule has 0 unspecified atom stereocenters. The van der Waals surface area contributed by atoms with Crippen LogP contribution in [-0.2, 0) is 0 Å². The number of carbonyl (C=O) groups is 2. The fourth-order valence-electron chi connectivity index (χ4n) is 1.82. The molecule has 2 fully saturated rings. The third-order valence-electron chi connectivity index (χ3n) is 2.86. The molecule has 1 N–H and O–H groups in total. The van der Waals surface area contributed by atoms with Crippen LogP contribution in [0.4, 0.5) is 9.59 Å². The molecule has 0 saturated carbocycles. The molecule has 0 radical (unpaired) electrons. The second kappa shape index (κ2) is 5.36. The molecular weight excluding hydrogens is 232 g/mol. The number of urea groups is 2. The van der Waals surface area contributed by atoms with Gasteiger partial charge in [0.05, 0.1) is 0 Å². The van der Waals surface area contributed by atoms with Gasteiger partial charge in [0.2, 0.25) is 0 Å². The number of piperazine rings is 1. The van der Waals surface area contributed by atoms with Crippen LogP contribution in [0.5, 0.6) is 0 Å². The highest BCUT2D eigenvalue weighted by molar-refractivity contribution is 5.94. The lowest BCUT2D eigenvalue weighted by atomic mass is 10.3. The summed E-state index contributed by atoms with van der Waals surface area (Å²) < 4.78 is 0. The molecule has 2 heterocycles. The fraction of sp³-hybridized carbons (Fsp3) is 0.778. The summed E-state index contributed by atoms with van der Waals surface area (Å²) in [6, 6.07) is -0.419. The minimum Gasteiger partial charge on any atom is -1.00 e. The predicted molar refractivity (Wildman–Crippen MR) is 54.6 cm³/mol. The van der Waals surface area contributed by atoms with Gasteiger partial charge in [-0.15, -0.1) is 0 Å². The van der Waals surface area contributed by atoms with Crippen molar-refractivity contribution in [2.75, 3.05) is 46.3 Å². The molecule has 4 amide bonds. The number of hydrogen-bond donors (Lipinski definition) is 1. The van der Waals surface area contributed by atoms with Crippen LogP contribution in [0.15, 0.2) is 0 Å². The third-order valence-corrected chi connectivity index (χ3v) is 2.86. The van der Waals surface area contributed by atoms with E-state index in [0.717, 1.165) is 13.1 Å². The number of halogens is 1. The Morgan fingerprint density at radius 1 is 1.19 bits per heavy atom. The highest BCUT2D eigenvalue weighted by atomic mass is 35.5. The number of nitrogens with one attached hydrogen (secondary N) is 1. The van der Waals surface area contributed by atoms with Crippen molar-refractivity contribution in [3.63, 3.8) is 0 Å². The molecule has 2 rings (SSSR count). The van der Waals surface area contributed by atoms with E-state index in [0.29, 0.717) is 26.2 Å². The molecule has 0 spiro atoms. The van der Waals surface area contributed by atoms with Crippen molar-refractivity contribution in [3.8, 4) is 0 Å². The van der Waals surface area contributed by atoms with Gasteiger partial charge < -0.3 is 27.5 Å². The summed E-state index contributed by atoms with van der Waals surface area (Å²) in [5.74, 6) is 0. The Bertz CT molecular complexity index is 279. The average Bonchev–Trinajstić information content (AvgIpc) is 2.65. The molecule has 92 valence electrons. The van der Waals surface area contributed by atoms with Gasteiger partial charge in [-0.2, -0.15) is 0 Å². The maximum absolute atomic E-state index is 11.9. The van der Waals surface area contributed by atoms with E-state index in [9.17, 15) is 9.59 Å². The lowest BCUT2D eigenvalue weighted by Crippen LogP contribution is -3.00. The molecule has 0 aromatic heterocycles. The topological polar surface area (TPSA) is 55.9 Å². The van der Waals surface area contributed by atoms with Gasteiger partial charge in [0.15, 0.2) is 0 Å². The quantitative estimate of drug-likeness (QED) is 0.481. The van der Waals surface area contributed by atoms with Gasteiger partial charge in [-0.25, -0.2) is 14.5 Å². The first kappa shape index (κ1) is 13.1. The average molecular weight is 248 g/mol. The molecule has 16 heavy (non-hydrogen) atoms. The van der Waals surface area contributed by atoms with Crippen LogP contribution in [0.2, 0.25) is 0 Å². The van der Waals surface area contributed by atoms with Crippen LogP contribution in [0, 0.1) is 0 Å². The first-order valence-corrected chi connectivity index (χ1v) is 5.21. The van der Waals surface area contributed by atoms with E-state index in [1.54, 1.807) is 4.90 Å². The van der Waals surface area contributed by atoms with Crippen molar-refractivity contribution in [3.05, 3.63) is 0 Å². The van der Waals surface area contributed by atoms with E-state index in [1.165, 1.54) is 4.90 Å². The maximum Gasteiger partial charge on any atom is 0.328 e. The second-order valence-electron chi connectivity index (χ2n) is 3.96. The Morgan fingerprint density at radius 3 is 2.31 bits per heavy atom. The van der Waals surface area contributed by atoms with Gasteiger partial charge in [0, 0.05) is 39.3 Å². The fourth-order valence-corrected chi connectivity index (χ4v) is 1.82. The molecular formula is C9H16ClN4O2-. The number of likely N-dealkylation sites (N-methyl/N-ethyl adjacent to an activating group) is 1. The Kier molecular flexibility index (Phi) is 4.37. The van der Waals surface area contributed by atoms with Gasteiger partial charge in [-0.3, -0.25) is 0 Å². The summed E-state index contributed by atoms with van der Waals surface area (Å²) in [6.07, 6.45) is 0. The molecule has 2 aliphatic heterocycles. The molecule has 2 aliphatic rings. The summed E-state index contributed by atoms with van der Waals surface area (Å²) in [5.41, 5.74) is 0. The number of amides is 4. The van der Waals surface area contributed by atoms with Crippen LogP contribution in [0.25, 0.3) is 0 Å². The van der Waals surface area contributed by atoms with Crippen LogP contribution in [0.1, 0.15) is 0 Å². The standard InChI is InChI=1S/C9H16N4O2.ClH/c1-11-4-6-12(7-5-11)9(15)13-3-2-10-8(13)14;/h2-7H2,1H3,(H,10,14);1H/p-1. The molecule has 2 saturated heterocycles.